The Bertz CT molecular complexity index is 1320. The van der Waals surface area contributed by atoms with Crippen molar-refractivity contribution in [2.45, 2.75) is 16.9 Å². The highest BCUT2D eigenvalue weighted by molar-refractivity contribution is 7.89. The van der Waals surface area contributed by atoms with Crippen molar-refractivity contribution in [2.75, 3.05) is 14.2 Å². The normalized spacial score (nSPS) is 15.6. The van der Waals surface area contributed by atoms with Crippen molar-refractivity contribution in [2.24, 2.45) is 0 Å². The number of sulfonamides is 1. The fourth-order valence-electron chi connectivity index (χ4n) is 2.95. The van der Waals surface area contributed by atoms with E-state index in [1.54, 1.807) is 0 Å². The Labute approximate surface area is 187 Å². The quantitative estimate of drug-likeness (QED) is 0.333. The van der Waals surface area contributed by atoms with E-state index in [0.717, 1.165) is 19.2 Å². The number of fused-ring (bicyclic) bond motifs is 1. The van der Waals surface area contributed by atoms with E-state index in [2.05, 4.69) is 8.92 Å². The van der Waals surface area contributed by atoms with Gasteiger partial charge in [0.05, 0.1) is 25.7 Å². The van der Waals surface area contributed by atoms with E-state index in [1.165, 1.54) is 43.5 Å². The Morgan fingerprint density at radius 1 is 1.03 bits per heavy atom. The number of rotatable bonds is 6. The molecule has 14 heteroatoms. The molecule has 0 saturated carbocycles. The number of carbonyl (C=O) groups is 1. The number of halogens is 3. The van der Waals surface area contributed by atoms with Crippen molar-refractivity contribution < 1.29 is 48.5 Å². The number of benzene rings is 2. The average Bonchev–Trinajstić information content (AvgIpc) is 2.76. The molecule has 3 rings (SSSR count). The van der Waals surface area contributed by atoms with Crippen molar-refractivity contribution >= 4 is 31.9 Å². The van der Waals surface area contributed by atoms with Gasteiger partial charge in [-0.05, 0) is 29.8 Å². The largest absolute Gasteiger partial charge is 0.534 e. The van der Waals surface area contributed by atoms with E-state index < -0.39 is 60.1 Å². The molecule has 1 heterocycles. The summed E-state index contributed by atoms with van der Waals surface area (Å²) in [6, 6.07) is 10.5. The molecule has 0 atom stereocenters. The smallest absolute Gasteiger partial charge is 0.497 e. The summed E-state index contributed by atoms with van der Waals surface area (Å²) in [7, 11) is -8.54. The van der Waals surface area contributed by atoms with Crippen molar-refractivity contribution in [3.8, 4) is 5.75 Å². The monoisotopic (exact) mass is 507 g/mol. The van der Waals surface area contributed by atoms with Crippen LogP contribution in [0.25, 0.3) is 5.76 Å². The van der Waals surface area contributed by atoms with Gasteiger partial charge in [0, 0.05) is 5.56 Å². The fourth-order valence-corrected chi connectivity index (χ4v) is 5.08. The van der Waals surface area contributed by atoms with Gasteiger partial charge in [0.2, 0.25) is 0 Å². The van der Waals surface area contributed by atoms with E-state index in [-0.39, 0.29) is 0 Å². The average molecular weight is 507 g/mol. The fraction of sp³-hybridized carbons (Fsp3) is 0.211. The summed E-state index contributed by atoms with van der Waals surface area (Å²) in [5.74, 6) is -2.11. The Morgan fingerprint density at radius 3 is 2.18 bits per heavy atom. The molecule has 0 aliphatic carbocycles. The van der Waals surface area contributed by atoms with E-state index in [0.29, 0.717) is 15.6 Å². The SMILES string of the molecule is COC(=O)C1=C(OS(=O)(=O)C(F)(F)F)c2ccccc2S(=O)(=O)N1Cc1ccc(OC)cc1. The molecular formula is C19H16F3NO8S2. The first-order chi connectivity index (χ1) is 15.3. The zero-order valence-corrected chi connectivity index (χ0v) is 18.6. The van der Waals surface area contributed by atoms with Crippen LogP contribution in [0.4, 0.5) is 13.2 Å². The minimum absolute atomic E-state index is 0.304. The lowest BCUT2D eigenvalue weighted by molar-refractivity contribution is -0.137. The molecular weight excluding hydrogens is 491 g/mol. The molecule has 2 aromatic carbocycles. The summed E-state index contributed by atoms with van der Waals surface area (Å²) in [6.07, 6.45) is 0. The molecule has 0 fully saturated rings. The molecule has 178 valence electrons. The highest BCUT2D eigenvalue weighted by Crippen LogP contribution is 2.41. The molecule has 0 bridgehead atoms. The van der Waals surface area contributed by atoms with E-state index in [1.807, 2.05) is 0 Å². The van der Waals surface area contributed by atoms with Crippen molar-refractivity contribution in [3.05, 3.63) is 65.4 Å². The van der Waals surface area contributed by atoms with Crippen LogP contribution in [0.15, 0.2) is 59.1 Å². The third-order valence-electron chi connectivity index (χ3n) is 4.50. The molecule has 0 N–H and O–H groups in total. The molecule has 0 unspecified atom stereocenters. The maximum absolute atomic E-state index is 13.3. The zero-order chi connectivity index (χ0) is 24.6. The number of alkyl halides is 3. The Kier molecular flexibility index (Phi) is 6.35. The molecule has 0 amide bonds. The second-order valence-corrected chi connectivity index (χ2v) is 9.88. The van der Waals surface area contributed by atoms with Gasteiger partial charge < -0.3 is 13.7 Å². The second-order valence-electron chi connectivity index (χ2n) is 6.51. The minimum atomic E-state index is -6.26. The van der Waals surface area contributed by atoms with Gasteiger partial charge in [-0.2, -0.15) is 21.6 Å². The third-order valence-corrected chi connectivity index (χ3v) is 7.26. The minimum Gasteiger partial charge on any atom is -0.497 e. The van der Waals surface area contributed by atoms with Crippen LogP contribution in [0.5, 0.6) is 5.75 Å². The first-order valence-electron chi connectivity index (χ1n) is 8.92. The molecule has 1 aliphatic heterocycles. The predicted octanol–water partition coefficient (Wildman–Crippen LogP) is 2.61. The van der Waals surface area contributed by atoms with Gasteiger partial charge in [0.1, 0.15) is 5.75 Å². The summed E-state index contributed by atoms with van der Waals surface area (Å²) in [6.45, 7) is -0.552. The first kappa shape index (κ1) is 24.4. The van der Waals surface area contributed by atoms with E-state index >= 15 is 0 Å². The molecule has 9 nitrogen and oxygen atoms in total. The lowest BCUT2D eigenvalue weighted by atomic mass is 10.1. The summed E-state index contributed by atoms with van der Waals surface area (Å²) >= 11 is 0. The van der Waals surface area contributed by atoms with Crippen LogP contribution < -0.4 is 4.74 Å². The number of methoxy groups -OCH3 is 2. The molecule has 0 aromatic heterocycles. The van der Waals surface area contributed by atoms with Crippen molar-refractivity contribution in [1.82, 2.24) is 4.31 Å². The van der Waals surface area contributed by atoms with Gasteiger partial charge in [-0.15, -0.1) is 0 Å². The van der Waals surface area contributed by atoms with Crippen molar-refractivity contribution in [1.29, 1.82) is 0 Å². The lowest BCUT2D eigenvalue weighted by Gasteiger charge is -2.32. The summed E-state index contributed by atoms with van der Waals surface area (Å²) in [5, 5.41) is 0. The van der Waals surface area contributed by atoms with Crippen LogP contribution >= 0.6 is 0 Å². The van der Waals surface area contributed by atoms with Gasteiger partial charge in [-0.1, -0.05) is 24.3 Å². The van der Waals surface area contributed by atoms with Crippen LogP contribution in [0.2, 0.25) is 0 Å². The molecule has 1 aliphatic rings. The lowest BCUT2D eigenvalue weighted by Crippen LogP contribution is -2.39. The topological polar surface area (TPSA) is 116 Å². The molecule has 33 heavy (non-hydrogen) atoms. The Hall–Kier alpha value is -3.26. The maximum atomic E-state index is 13.3. The van der Waals surface area contributed by atoms with Gasteiger partial charge in [0.25, 0.3) is 10.0 Å². The third kappa shape index (κ3) is 4.48. The molecule has 0 radical (unpaired) electrons. The first-order valence-corrected chi connectivity index (χ1v) is 11.8. The van der Waals surface area contributed by atoms with E-state index in [9.17, 15) is 34.8 Å². The highest BCUT2D eigenvalue weighted by atomic mass is 32.2. The Morgan fingerprint density at radius 2 is 1.64 bits per heavy atom. The van der Waals surface area contributed by atoms with Gasteiger partial charge in [-0.25, -0.2) is 13.2 Å². The summed E-state index contributed by atoms with van der Waals surface area (Å²) in [5.41, 5.74) is -7.11. The van der Waals surface area contributed by atoms with Crippen LogP contribution in [-0.2, 0) is 40.4 Å². The van der Waals surface area contributed by atoms with Crippen LogP contribution in [0.3, 0.4) is 0 Å². The van der Waals surface area contributed by atoms with Crippen molar-refractivity contribution in [3.63, 3.8) is 0 Å². The Balaban J connectivity index is 2.29. The number of hydrogen-bond donors (Lipinski definition) is 0. The number of nitrogens with zero attached hydrogens (tertiary/aromatic N) is 1. The molecule has 0 spiro atoms. The number of ether oxygens (including phenoxy) is 2. The van der Waals surface area contributed by atoms with Gasteiger partial charge in [0.15, 0.2) is 11.5 Å². The second kappa shape index (κ2) is 8.59. The number of carbonyl (C=O) groups excluding carboxylic acids is 1. The maximum Gasteiger partial charge on any atom is 0.534 e. The number of esters is 1. The van der Waals surface area contributed by atoms with Crippen LogP contribution in [-0.4, -0.2) is 46.8 Å². The summed E-state index contributed by atoms with van der Waals surface area (Å²) < 4.78 is 104. The molecule has 0 saturated heterocycles. The summed E-state index contributed by atoms with van der Waals surface area (Å²) in [4.78, 5) is 12.0. The van der Waals surface area contributed by atoms with Gasteiger partial charge >= 0.3 is 21.6 Å². The van der Waals surface area contributed by atoms with Crippen LogP contribution in [0, 0.1) is 0 Å². The van der Waals surface area contributed by atoms with E-state index in [4.69, 9.17) is 4.74 Å². The van der Waals surface area contributed by atoms with Gasteiger partial charge in [-0.3, -0.25) is 4.31 Å². The zero-order valence-electron chi connectivity index (χ0n) is 17.0. The standard InChI is InChI=1S/C19H16F3NO8S2/c1-29-13-9-7-12(8-10-13)11-23-16(18(24)30-2)17(31-33(27,28)19(20,21)22)14-5-3-4-6-15(14)32(23,25)26/h3-10H,11H2,1-2H3. The highest BCUT2D eigenvalue weighted by Gasteiger charge is 2.51. The molecule has 2 aromatic rings. The number of hydrogen-bond acceptors (Lipinski definition) is 8. The van der Waals surface area contributed by atoms with Crippen LogP contribution in [0.1, 0.15) is 11.1 Å². The predicted molar refractivity (Wildman–Crippen MR) is 107 cm³/mol.